The Kier molecular flexibility index (Phi) is 5.92. The maximum absolute atomic E-state index is 14.1. The van der Waals surface area contributed by atoms with Crippen LogP contribution in [0.2, 0.25) is 0 Å². The molecule has 0 spiro atoms. The van der Waals surface area contributed by atoms with Gasteiger partial charge in [0.25, 0.3) is 5.56 Å². The zero-order valence-electron chi connectivity index (χ0n) is 19.3. The van der Waals surface area contributed by atoms with Crippen LogP contribution >= 0.6 is 0 Å². The molecule has 0 aliphatic carbocycles. The number of benzene rings is 2. The van der Waals surface area contributed by atoms with Crippen LogP contribution < -0.4 is 15.6 Å². The smallest absolute Gasteiger partial charge is 0.278 e. The molecule has 0 atom stereocenters. The third kappa shape index (κ3) is 4.17. The van der Waals surface area contributed by atoms with E-state index in [0.29, 0.717) is 40.5 Å². The van der Waals surface area contributed by atoms with Crippen LogP contribution in [0, 0.1) is 11.6 Å². The Bertz CT molecular complexity index is 1670. The van der Waals surface area contributed by atoms with Crippen molar-refractivity contribution < 1.29 is 22.8 Å². The lowest BCUT2D eigenvalue weighted by Crippen LogP contribution is -2.25. The minimum absolute atomic E-state index is 0.00733. The number of halogens is 2. The molecular formula is C24H20F2N6O4. The average Bonchev–Trinajstić information content (AvgIpc) is 3.45. The molecule has 0 fully saturated rings. The number of aromatic nitrogens is 5. The summed E-state index contributed by atoms with van der Waals surface area (Å²) in [6.07, 6.45) is 1.95. The molecule has 0 unspecified atom stereocenters. The number of rotatable bonds is 7. The minimum Gasteiger partial charge on any atom is -0.497 e. The lowest BCUT2D eigenvalue weighted by Gasteiger charge is -2.10. The third-order valence-electron chi connectivity index (χ3n) is 5.67. The first kappa shape index (κ1) is 23.1. The number of amides is 1. The molecule has 0 aliphatic heterocycles. The Balaban J connectivity index is 1.59. The highest BCUT2D eigenvalue weighted by Gasteiger charge is 2.20. The molecule has 0 saturated carbocycles. The predicted molar refractivity (Wildman–Crippen MR) is 126 cm³/mol. The fourth-order valence-corrected chi connectivity index (χ4v) is 3.95. The van der Waals surface area contributed by atoms with Gasteiger partial charge in [-0.25, -0.2) is 13.8 Å². The second-order valence-corrected chi connectivity index (χ2v) is 7.97. The van der Waals surface area contributed by atoms with Gasteiger partial charge in [-0.3, -0.25) is 14.2 Å². The van der Waals surface area contributed by atoms with Crippen LogP contribution in [-0.4, -0.2) is 37.3 Å². The van der Waals surface area contributed by atoms with E-state index in [2.05, 4.69) is 20.4 Å². The van der Waals surface area contributed by atoms with Gasteiger partial charge in [-0.1, -0.05) is 12.1 Å². The van der Waals surface area contributed by atoms with Crippen molar-refractivity contribution in [3.8, 4) is 5.75 Å². The van der Waals surface area contributed by atoms with E-state index in [-0.39, 0.29) is 30.2 Å². The van der Waals surface area contributed by atoms with E-state index in [9.17, 15) is 18.4 Å². The van der Waals surface area contributed by atoms with Crippen LogP contribution in [0.25, 0.3) is 21.9 Å². The van der Waals surface area contributed by atoms with Crippen molar-refractivity contribution in [2.45, 2.75) is 26.4 Å². The molecule has 5 aromatic rings. The van der Waals surface area contributed by atoms with Gasteiger partial charge in [-0.05, 0) is 30.3 Å². The molecule has 0 saturated heterocycles. The zero-order chi connectivity index (χ0) is 25.4. The van der Waals surface area contributed by atoms with E-state index in [1.54, 1.807) is 18.2 Å². The fraction of sp³-hybridized carbons (Fsp3) is 0.208. The van der Waals surface area contributed by atoms with Gasteiger partial charge in [0.2, 0.25) is 11.8 Å². The Morgan fingerprint density at radius 2 is 2.03 bits per heavy atom. The van der Waals surface area contributed by atoms with E-state index >= 15 is 0 Å². The van der Waals surface area contributed by atoms with Crippen LogP contribution in [0.4, 0.5) is 14.5 Å². The van der Waals surface area contributed by atoms with Gasteiger partial charge in [-0.2, -0.15) is 4.98 Å². The van der Waals surface area contributed by atoms with Gasteiger partial charge in [0.1, 0.15) is 41.5 Å². The highest BCUT2D eigenvalue weighted by molar-refractivity contribution is 6.07. The number of carbonyl (C=O) groups is 1. The normalized spacial score (nSPS) is 11.3. The molecule has 10 nitrogen and oxygen atoms in total. The highest BCUT2D eigenvalue weighted by atomic mass is 19.1. The lowest BCUT2D eigenvalue weighted by atomic mass is 10.2. The van der Waals surface area contributed by atoms with Gasteiger partial charge in [0.05, 0.1) is 24.6 Å². The molecule has 184 valence electrons. The summed E-state index contributed by atoms with van der Waals surface area (Å²) in [6, 6.07) is 7.95. The van der Waals surface area contributed by atoms with Gasteiger partial charge in [0.15, 0.2) is 5.82 Å². The number of hydrogen-bond acceptors (Lipinski definition) is 7. The van der Waals surface area contributed by atoms with E-state index in [0.717, 1.165) is 12.1 Å². The summed E-state index contributed by atoms with van der Waals surface area (Å²) < 4.78 is 40.6. The predicted octanol–water partition coefficient (Wildman–Crippen LogP) is 3.27. The second-order valence-electron chi connectivity index (χ2n) is 7.97. The maximum atomic E-state index is 14.1. The molecule has 12 heteroatoms. The molecule has 3 aromatic heterocycles. The lowest BCUT2D eigenvalue weighted by molar-refractivity contribution is -0.116. The van der Waals surface area contributed by atoms with E-state index < -0.39 is 23.1 Å². The van der Waals surface area contributed by atoms with Crippen LogP contribution in [-0.2, 0) is 24.3 Å². The van der Waals surface area contributed by atoms with Crippen molar-refractivity contribution >= 4 is 33.5 Å². The molecule has 3 heterocycles. The summed E-state index contributed by atoms with van der Waals surface area (Å²) in [6.45, 7) is 1.54. The molecule has 1 N–H and O–H groups in total. The second kappa shape index (κ2) is 9.21. The molecular weight excluding hydrogens is 474 g/mol. The molecule has 1 amide bonds. The van der Waals surface area contributed by atoms with Crippen molar-refractivity contribution in [2.24, 2.45) is 0 Å². The minimum atomic E-state index is -0.912. The summed E-state index contributed by atoms with van der Waals surface area (Å²) >= 11 is 0. The van der Waals surface area contributed by atoms with Crippen LogP contribution in [0.15, 0.2) is 52.0 Å². The Hall–Kier alpha value is -4.61. The standard InChI is InChI=1S/C24H20F2N6O4/c1-3-19-29-21(36-30-19)11-31-12-27-22-15-9-14(35-2)5-7-18(15)32(23(22)24(31)34)10-20(33)28-17-6-4-13(25)8-16(17)26/h4-9,12H,3,10-11H2,1-2H3,(H,28,33). The Morgan fingerprint density at radius 3 is 2.75 bits per heavy atom. The molecule has 0 aliphatic rings. The fourth-order valence-electron chi connectivity index (χ4n) is 3.95. The number of carbonyl (C=O) groups excluding carboxylic acids is 1. The van der Waals surface area contributed by atoms with Crippen molar-refractivity contribution in [3.05, 3.63) is 76.4 Å². The highest BCUT2D eigenvalue weighted by Crippen LogP contribution is 2.29. The number of ether oxygens (including phenoxy) is 1. The number of nitrogens with one attached hydrogen (secondary N) is 1. The Morgan fingerprint density at radius 1 is 1.19 bits per heavy atom. The summed E-state index contributed by atoms with van der Waals surface area (Å²) in [5.41, 5.74) is 0.458. The number of anilines is 1. The number of nitrogens with zero attached hydrogens (tertiary/aromatic N) is 5. The molecule has 2 aromatic carbocycles. The van der Waals surface area contributed by atoms with Crippen molar-refractivity contribution in [1.29, 1.82) is 0 Å². The van der Waals surface area contributed by atoms with E-state index in [1.165, 1.54) is 22.6 Å². The summed E-state index contributed by atoms with van der Waals surface area (Å²) in [7, 11) is 1.51. The topological polar surface area (TPSA) is 117 Å². The number of hydrogen-bond donors (Lipinski definition) is 1. The molecule has 36 heavy (non-hydrogen) atoms. The van der Waals surface area contributed by atoms with E-state index in [4.69, 9.17) is 9.26 Å². The average molecular weight is 494 g/mol. The van der Waals surface area contributed by atoms with Gasteiger partial charge in [-0.15, -0.1) is 0 Å². The van der Waals surface area contributed by atoms with Crippen molar-refractivity contribution in [2.75, 3.05) is 12.4 Å². The van der Waals surface area contributed by atoms with Gasteiger partial charge < -0.3 is 19.1 Å². The van der Waals surface area contributed by atoms with Gasteiger partial charge >= 0.3 is 0 Å². The molecule has 5 rings (SSSR count). The SMILES string of the molecule is CCc1noc(Cn2cnc3c4cc(OC)ccc4n(CC(=O)Nc4ccc(F)cc4F)c3c2=O)n1. The van der Waals surface area contributed by atoms with Crippen molar-refractivity contribution in [1.82, 2.24) is 24.3 Å². The number of fused-ring (bicyclic) bond motifs is 3. The summed E-state index contributed by atoms with van der Waals surface area (Å²) in [5.74, 6) is -0.995. The van der Waals surface area contributed by atoms with Crippen LogP contribution in [0.3, 0.4) is 0 Å². The largest absolute Gasteiger partial charge is 0.497 e. The Labute approximate surface area is 202 Å². The first-order valence-corrected chi connectivity index (χ1v) is 11.0. The zero-order valence-corrected chi connectivity index (χ0v) is 19.3. The number of aryl methyl sites for hydroxylation is 1. The molecule has 0 bridgehead atoms. The van der Waals surface area contributed by atoms with Crippen LogP contribution in [0.1, 0.15) is 18.6 Å². The van der Waals surface area contributed by atoms with Crippen molar-refractivity contribution in [3.63, 3.8) is 0 Å². The van der Waals surface area contributed by atoms with E-state index in [1.807, 2.05) is 6.92 Å². The summed E-state index contributed by atoms with van der Waals surface area (Å²) in [4.78, 5) is 35.1. The van der Waals surface area contributed by atoms with Gasteiger partial charge in [0, 0.05) is 17.9 Å². The maximum Gasteiger partial charge on any atom is 0.278 e. The molecule has 0 radical (unpaired) electrons. The first-order chi connectivity index (χ1) is 17.4. The third-order valence-corrected chi connectivity index (χ3v) is 5.67. The number of methoxy groups -OCH3 is 1. The summed E-state index contributed by atoms with van der Waals surface area (Å²) in [5, 5.41) is 6.86. The quantitative estimate of drug-likeness (QED) is 0.369. The van der Waals surface area contributed by atoms with Crippen LogP contribution in [0.5, 0.6) is 5.75 Å². The monoisotopic (exact) mass is 494 g/mol. The first-order valence-electron chi connectivity index (χ1n) is 11.0.